The lowest BCUT2D eigenvalue weighted by atomic mass is 10.7. The lowest BCUT2D eigenvalue weighted by Gasteiger charge is -2.22. The Morgan fingerprint density at radius 3 is 2.73 bits per heavy atom. The standard InChI is InChI=1S/C4H8Cl2N4S/c5-2-1-8-3(6)10(2)9-4(7)11/h2-3,8H,1H2,(H3,7,9,11). The largest absolute Gasteiger partial charge is 0.375 e. The first-order chi connectivity index (χ1) is 5.11. The number of alkyl halides is 2. The van der Waals surface area contributed by atoms with Gasteiger partial charge in [-0.3, -0.25) is 10.7 Å². The van der Waals surface area contributed by atoms with Crippen molar-refractivity contribution in [2.75, 3.05) is 6.54 Å². The molecule has 1 saturated heterocycles. The average Bonchev–Trinajstić information content (AvgIpc) is 2.18. The fourth-order valence-electron chi connectivity index (χ4n) is 0.787. The maximum absolute atomic E-state index is 5.82. The second kappa shape index (κ2) is 3.73. The molecule has 2 unspecified atom stereocenters. The van der Waals surface area contributed by atoms with Crippen molar-refractivity contribution < 1.29 is 0 Å². The van der Waals surface area contributed by atoms with Crippen molar-refractivity contribution in [3.63, 3.8) is 0 Å². The summed E-state index contributed by atoms with van der Waals surface area (Å²) in [5.74, 6) is 0. The summed E-state index contributed by atoms with van der Waals surface area (Å²) < 4.78 is 0. The van der Waals surface area contributed by atoms with Crippen LogP contribution in [0.25, 0.3) is 0 Å². The molecule has 0 aliphatic carbocycles. The molecule has 11 heavy (non-hydrogen) atoms. The second-order valence-electron chi connectivity index (χ2n) is 2.06. The van der Waals surface area contributed by atoms with Crippen molar-refractivity contribution in [3.8, 4) is 0 Å². The van der Waals surface area contributed by atoms with Crippen molar-refractivity contribution in [3.05, 3.63) is 0 Å². The number of nitrogens with zero attached hydrogens (tertiary/aromatic N) is 1. The molecular weight excluding hydrogens is 207 g/mol. The van der Waals surface area contributed by atoms with Crippen LogP contribution < -0.4 is 16.5 Å². The molecule has 0 amide bonds. The Kier molecular flexibility index (Phi) is 3.15. The number of rotatable bonds is 1. The summed E-state index contributed by atoms with van der Waals surface area (Å²) in [7, 11) is 0. The molecule has 1 heterocycles. The van der Waals surface area contributed by atoms with E-state index in [9.17, 15) is 0 Å². The normalized spacial score (nSPS) is 32.2. The van der Waals surface area contributed by atoms with Crippen LogP contribution in [0.4, 0.5) is 0 Å². The number of nitrogens with one attached hydrogen (secondary N) is 2. The van der Waals surface area contributed by atoms with Gasteiger partial charge in [-0.25, -0.2) is 0 Å². The fourth-order valence-corrected chi connectivity index (χ4v) is 1.47. The quantitative estimate of drug-likeness (QED) is 0.319. The lowest BCUT2D eigenvalue weighted by molar-refractivity contribution is 0.244. The molecule has 4 N–H and O–H groups in total. The van der Waals surface area contributed by atoms with Gasteiger partial charge in [-0.1, -0.05) is 11.6 Å². The van der Waals surface area contributed by atoms with Crippen molar-refractivity contribution in [1.82, 2.24) is 15.8 Å². The van der Waals surface area contributed by atoms with Crippen LogP contribution in [-0.2, 0) is 0 Å². The van der Waals surface area contributed by atoms with E-state index in [0.717, 1.165) is 0 Å². The molecule has 1 aliphatic heterocycles. The fraction of sp³-hybridized carbons (Fsp3) is 0.750. The van der Waals surface area contributed by atoms with Crippen LogP contribution in [0.2, 0.25) is 0 Å². The highest BCUT2D eigenvalue weighted by molar-refractivity contribution is 7.80. The molecule has 7 heteroatoms. The van der Waals surface area contributed by atoms with Crippen LogP contribution in [0.15, 0.2) is 0 Å². The monoisotopic (exact) mass is 214 g/mol. The van der Waals surface area contributed by atoms with Crippen LogP contribution in [0.1, 0.15) is 0 Å². The zero-order valence-corrected chi connectivity index (χ0v) is 7.88. The Balaban J connectivity index is 2.47. The van der Waals surface area contributed by atoms with E-state index in [1.165, 1.54) is 0 Å². The van der Waals surface area contributed by atoms with E-state index in [1.54, 1.807) is 5.01 Å². The third kappa shape index (κ3) is 2.31. The van der Waals surface area contributed by atoms with E-state index in [4.69, 9.17) is 28.9 Å². The van der Waals surface area contributed by atoms with E-state index in [1.807, 2.05) is 0 Å². The maximum Gasteiger partial charge on any atom is 0.178 e. The highest BCUT2D eigenvalue weighted by Crippen LogP contribution is 2.13. The number of halogens is 2. The van der Waals surface area contributed by atoms with Crippen molar-refractivity contribution >= 4 is 40.5 Å². The Bertz CT molecular complexity index is 156. The first-order valence-electron chi connectivity index (χ1n) is 2.97. The van der Waals surface area contributed by atoms with Gasteiger partial charge in [0.05, 0.1) is 0 Å². The predicted molar refractivity (Wildman–Crippen MR) is 49.0 cm³/mol. The van der Waals surface area contributed by atoms with Crippen LogP contribution >= 0.6 is 35.4 Å². The van der Waals surface area contributed by atoms with E-state index in [2.05, 4.69) is 23.0 Å². The molecule has 0 saturated carbocycles. The Hall–Kier alpha value is 0.190. The zero-order chi connectivity index (χ0) is 8.43. The maximum atomic E-state index is 5.82. The molecule has 0 spiro atoms. The van der Waals surface area contributed by atoms with Gasteiger partial charge in [0.1, 0.15) is 5.50 Å². The average molecular weight is 215 g/mol. The van der Waals surface area contributed by atoms with Gasteiger partial charge in [-0.05, 0) is 12.2 Å². The summed E-state index contributed by atoms with van der Waals surface area (Å²) in [6.07, 6.45) is 0. The van der Waals surface area contributed by atoms with Gasteiger partial charge in [0.2, 0.25) is 0 Å². The van der Waals surface area contributed by atoms with Crippen molar-refractivity contribution in [2.45, 2.75) is 11.1 Å². The molecule has 1 aliphatic rings. The predicted octanol–water partition coefficient (Wildman–Crippen LogP) is -0.273. The van der Waals surface area contributed by atoms with Gasteiger partial charge in [-0.15, -0.1) is 11.6 Å². The summed E-state index contributed by atoms with van der Waals surface area (Å²) in [6.45, 7) is 0.603. The summed E-state index contributed by atoms with van der Waals surface area (Å²) in [4.78, 5) is 0. The van der Waals surface area contributed by atoms with E-state index >= 15 is 0 Å². The second-order valence-corrected chi connectivity index (χ2v) is 3.42. The highest BCUT2D eigenvalue weighted by atomic mass is 35.5. The van der Waals surface area contributed by atoms with Gasteiger partial charge in [0.25, 0.3) is 0 Å². The van der Waals surface area contributed by atoms with Gasteiger partial charge in [0.15, 0.2) is 10.7 Å². The topological polar surface area (TPSA) is 53.3 Å². The number of nitrogens with two attached hydrogens (primary N) is 1. The number of hydrogen-bond donors (Lipinski definition) is 3. The molecule has 1 rings (SSSR count). The third-order valence-electron chi connectivity index (χ3n) is 1.24. The number of thiocarbonyl (C=S) groups is 1. The molecular formula is C4H8Cl2N4S. The summed E-state index contributed by atoms with van der Waals surface area (Å²) >= 11 is 16.2. The molecule has 64 valence electrons. The lowest BCUT2D eigenvalue weighted by Crippen LogP contribution is -2.49. The molecule has 4 nitrogen and oxygen atoms in total. The van der Waals surface area contributed by atoms with Crippen molar-refractivity contribution in [2.24, 2.45) is 5.73 Å². The van der Waals surface area contributed by atoms with Gasteiger partial charge in [0, 0.05) is 6.54 Å². The molecule has 1 fully saturated rings. The number of hydrazine groups is 1. The number of hydrogen-bond acceptors (Lipinski definition) is 3. The minimum Gasteiger partial charge on any atom is -0.375 e. The highest BCUT2D eigenvalue weighted by Gasteiger charge is 2.30. The smallest absolute Gasteiger partial charge is 0.178 e. The Morgan fingerprint density at radius 1 is 1.73 bits per heavy atom. The summed E-state index contributed by atoms with van der Waals surface area (Å²) in [5.41, 5.74) is 7.30. The van der Waals surface area contributed by atoms with Crippen LogP contribution in [0, 0.1) is 0 Å². The van der Waals surface area contributed by atoms with Gasteiger partial charge < -0.3 is 5.73 Å². The Labute approximate surface area is 80.0 Å². The molecule has 0 radical (unpaired) electrons. The van der Waals surface area contributed by atoms with E-state index in [0.29, 0.717) is 6.54 Å². The molecule has 2 atom stereocenters. The summed E-state index contributed by atoms with van der Waals surface area (Å²) in [5, 5.41) is 4.61. The van der Waals surface area contributed by atoms with Gasteiger partial charge >= 0.3 is 0 Å². The third-order valence-corrected chi connectivity index (χ3v) is 2.06. The zero-order valence-electron chi connectivity index (χ0n) is 5.55. The minimum atomic E-state index is -0.362. The first-order valence-corrected chi connectivity index (χ1v) is 4.25. The SMILES string of the molecule is NC(=S)NN1C(Cl)CNC1Cl. The minimum absolute atomic E-state index is 0.157. The van der Waals surface area contributed by atoms with Crippen LogP contribution in [-0.4, -0.2) is 27.8 Å². The molecule has 0 bridgehead atoms. The summed E-state index contributed by atoms with van der Waals surface area (Å²) in [6, 6.07) is 0. The molecule has 0 aromatic heterocycles. The van der Waals surface area contributed by atoms with Gasteiger partial charge in [-0.2, -0.15) is 5.01 Å². The molecule has 0 aromatic carbocycles. The van der Waals surface area contributed by atoms with Crippen LogP contribution in [0.5, 0.6) is 0 Å². The van der Waals surface area contributed by atoms with E-state index in [-0.39, 0.29) is 16.2 Å². The van der Waals surface area contributed by atoms with Crippen LogP contribution in [0.3, 0.4) is 0 Å². The van der Waals surface area contributed by atoms with E-state index < -0.39 is 0 Å². The van der Waals surface area contributed by atoms with Crippen molar-refractivity contribution in [1.29, 1.82) is 0 Å². The molecule has 0 aromatic rings. The first kappa shape index (κ1) is 9.28. The Morgan fingerprint density at radius 2 is 2.36 bits per heavy atom.